The van der Waals surface area contributed by atoms with Gasteiger partial charge in [-0.15, -0.1) is 0 Å². The molecule has 33 heavy (non-hydrogen) atoms. The first-order chi connectivity index (χ1) is 15.7. The second-order valence-corrected chi connectivity index (χ2v) is 9.50. The molecule has 0 atom stereocenters. The molecular weight excluding hydrogens is 500 g/mol. The summed E-state index contributed by atoms with van der Waals surface area (Å²) in [4.78, 5) is 19.1. The molecule has 6 heteroatoms. The maximum absolute atomic E-state index is 12.9. The van der Waals surface area contributed by atoms with E-state index in [1.165, 1.54) is 4.90 Å². The average Bonchev–Trinajstić information content (AvgIpc) is 2.77. The molecular formula is C27H24BrClN2O2. The molecule has 0 N–H and O–H groups in total. The fourth-order valence-corrected chi connectivity index (χ4v) is 3.20. The molecule has 0 saturated carbocycles. The SMILES string of the molecule is CC(C)(C)OC(=O)N(CC#CC(=Nc1ccc(Br)cc1)c1ccccc1)c1ccc(Cl)cc1. The van der Waals surface area contributed by atoms with Crippen molar-refractivity contribution in [3.63, 3.8) is 0 Å². The summed E-state index contributed by atoms with van der Waals surface area (Å²) in [5.74, 6) is 6.24. The number of nitrogens with zero attached hydrogens (tertiary/aromatic N) is 2. The molecule has 0 radical (unpaired) electrons. The van der Waals surface area contributed by atoms with Crippen molar-refractivity contribution in [3.05, 3.63) is 93.9 Å². The van der Waals surface area contributed by atoms with E-state index in [0.717, 1.165) is 15.7 Å². The maximum atomic E-state index is 12.9. The van der Waals surface area contributed by atoms with E-state index in [0.29, 0.717) is 16.4 Å². The number of amides is 1. The molecule has 1 amide bonds. The summed E-state index contributed by atoms with van der Waals surface area (Å²) in [5.41, 5.74) is 2.30. The van der Waals surface area contributed by atoms with Crippen LogP contribution in [0, 0.1) is 11.8 Å². The second-order valence-electron chi connectivity index (χ2n) is 8.15. The maximum Gasteiger partial charge on any atom is 0.415 e. The van der Waals surface area contributed by atoms with Crippen LogP contribution in [0.15, 0.2) is 88.3 Å². The van der Waals surface area contributed by atoms with E-state index in [4.69, 9.17) is 21.3 Å². The lowest BCUT2D eigenvalue weighted by atomic mass is 10.1. The monoisotopic (exact) mass is 522 g/mol. The van der Waals surface area contributed by atoms with Gasteiger partial charge in [-0.2, -0.15) is 0 Å². The predicted octanol–water partition coefficient (Wildman–Crippen LogP) is 7.67. The van der Waals surface area contributed by atoms with Crippen molar-refractivity contribution < 1.29 is 9.53 Å². The molecule has 168 valence electrons. The number of halogens is 2. The number of ether oxygens (including phenoxy) is 1. The summed E-state index contributed by atoms with van der Waals surface area (Å²) in [5, 5.41) is 0.585. The molecule has 0 spiro atoms. The first-order valence-corrected chi connectivity index (χ1v) is 11.5. The van der Waals surface area contributed by atoms with Crippen molar-refractivity contribution in [2.24, 2.45) is 4.99 Å². The fourth-order valence-electron chi connectivity index (χ4n) is 2.81. The molecule has 4 nitrogen and oxygen atoms in total. The number of benzene rings is 3. The molecule has 3 aromatic carbocycles. The number of carbonyl (C=O) groups is 1. The van der Waals surface area contributed by atoms with Crippen LogP contribution >= 0.6 is 27.5 Å². The third-order valence-electron chi connectivity index (χ3n) is 4.31. The van der Waals surface area contributed by atoms with Gasteiger partial charge < -0.3 is 4.74 Å². The van der Waals surface area contributed by atoms with E-state index in [-0.39, 0.29) is 6.54 Å². The Labute approximate surface area is 208 Å². The fraction of sp³-hybridized carbons (Fsp3) is 0.185. The standard InChI is InChI=1S/C27H24BrClN2O2/c1-27(2,3)33-26(32)31(24-17-13-22(29)14-18-24)19-7-10-25(20-8-5-4-6-9-20)30-23-15-11-21(28)12-16-23/h4-6,8-9,11-18H,19H2,1-3H3. The van der Waals surface area contributed by atoms with Gasteiger partial charge in [0.2, 0.25) is 0 Å². The van der Waals surface area contributed by atoms with Gasteiger partial charge in [-0.05, 0) is 75.2 Å². The van der Waals surface area contributed by atoms with Gasteiger partial charge in [-0.3, -0.25) is 4.90 Å². The van der Waals surface area contributed by atoms with Crippen LogP contribution < -0.4 is 4.90 Å². The zero-order valence-corrected chi connectivity index (χ0v) is 21.0. The van der Waals surface area contributed by atoms with E-state index < -0.39 is 11.7 Å². The summed E-state index contributed by atoms with van der Waals surface area (Å²) >= 11 is 9.46. The molecule has 0 bridgehead atoms. The third kappa shape index (κ3) is 7.78. The van der Waals surface area contributed by atoms with E-state index in [2.05, 4.69) is 27.8 Å². The van der Waals surface area contributed by atoms with Crippen molar-refractivity contribution in [1.29, 1.82) is 0 Å². The summed E-state index contributed by atoms with van der Waals surface area (Å²) < 4.78 is 6.56. The molecule has 0 aliphatic heterocycles. The van der Waals surface area contributed by atoms with Crippen LogP contribution in [0.3, 0.4) is 0 Å². The van der Waals surface area contributed by atoms with Gasteiger partial charge in [0, 0.05) is 20.7 Å². The predicted molar refractivity (Wildman–Crippen MR) is 140 cm³/mol. The van der Waals surface area contributed by atoms with Crippen molar-refractivity contribution in [2.45, 2.75) is 26.4 Å². The third-order valence-corrected chi connectivity index (χ3v) is 5.09. The zero-order chi connectivity index (χ0) is 23.8. The number of anilines is 1. The van der Waals surface area contributed by atoms with Gasteiger partial charge in [0.25, 0.3) is 0 Å². The van der Waals surface area contributed by atoms with E-state index in [9.17, 15) is 4.79 Å². The minimum Gasteiger partial charge on any atom is -0.443 e. The van der Waals surface area contributed by atoms with Gasteiger partial charge in [-0.25, -0.2) is 9.79 Å². The summed E-state index contributed by atoms with van der Waals surface area (Å²) in [6.07, 6.45) is -0.481. The topological polar surface area (TPSA) is 41.9 Å². The molecule has 0 saturated heterocycles. The lowest BCUT2D eigenvalue weighted by Crippen LogP contribution is -2.37. The van der Waals surface area contributed by atoms with Crippen LogP contribution in [-0.4, -0.2) is 24.0 Å². The molecule has 0 aliphatic rings. The number of hydrogen-bond acceptors (Lipinski definition) is 3. The van der Waals surface area contributed by atoms with Gasteiger partial charge in [0.1, 0.15) is 11.3 Å². The number of aliphatic imine (C=N–C) groups is 1. The highest BCUT2D eigenvalue weighted by Crippen LogP contribution is 2.21. The highest BCUT2D eigenvalue weighted by atomic mass is 79.9. The summed E-state index contributed by atoms with van der Waals surface area (Å²) in [6, 6.07) is 24.4. The second kappa shape index (κ2) is 11.2. The normalized spacial score (nSPS) is 11.4. The molecule has 3 aromatic rings. The van der Waals surface area contributed by atoms with Crippen LogP contribution in [0.25, 0.3) is 0 Å². The molecule has 0 fully saturated rings. The first-order valence-electron chi connectivity index (χ1n) is 10.4. The van der Waals surface area contributed by atoms with Gasteiger partial charge >= 0.3 is 6.09 Å². The Kier molecular flexibility index (Phi) is 8.32. The van der Waals surface area contributed by atoms with Crippen molar-refractivity contribution in [2.75, 3.05) is 11.4 Å². The number of carbonyl (C=O) groups excluding carboxylic acids is 1. The van der Waals surface area contributed by atoms with Crippen molar-refractivity contribution in [3.8, 4) is 11.8 Å². The van der Waals surface area contributed by atoms with Crippen LogP contribution in [-0.2, 0) is 4.74 Å². The number of rotatable bonds is 4. The van der Waals surface area contributed by atoms with Crippen LogP contribution in [0.1, 0.15) is 26.3 Å². The molecule has 3 rings (SSSR count). The van der Waals surface area contributed by atoms with Crippen LogP contribution in [0.5, 0.6) is 0 Å². The molecule has 0 aromatic heterocycles. The Morgan fingerprint density at radius 1 is 1.00 bits per heavy atom. The summed E-state index contributed by atoms with van der Waals surface area (Å²) in [6.45, 7) is 5.61. The van der Waals surface area contributed by atoms with Crippen LogP contribution in [0.2, 0.25) is 5.02 Å². The Morgan fingerprint density at radius 3 is 2.24 bits per heavy atom. The molecule has 0 unspecified atom stereocenters. The van der Waals surface area contributed by atoms with Crippen LogP contribution in [0.4, 0.5) is 16.2 Å². The smallest absolute Gasteiger partial charge is 0.415 e. The first kappa shape index (κ1) is 24.6. The Hall–Kier alpha value is -3.07. The Morgan fingerprint density at radius 2 is 1.64 bits per heavy atom. The van der Waals surface area contributed by atoms with Gasteiger partial charge in [0.05, 0.1) is 12.2 Å². The zero-order valence-electron chi connectivity index (χ0n) is 18.7. The quantitative estimate of drug-likeness (QED) is 0.260. The molecule has 0 aliphatic carbocycles. The Bertz CT molecular complexity index is 1170. The van der Waals surface area contributed by atoms with E-state index in [1.807, 2.05) is 75.4 Å². The average molecular weight is 524 g/mol. The highest BCUT2D eigenvalue weighted by Gasteiger charge is 2.23. The van der Waals surface area contributed by atoms with E-state index in [1.54, 1.807) is 24.3 Å². The largest absolute Gasteiger partial charge is 0.443 e. The minimum absolute atomic E-state index is 0.128. The minimum atomic E-state index is -0.632. The van der Waals surface area contributed by atoms with Crippen molar-refractivity contribution in [1.82, 2.24) is 0 Å². The number of hydrogen-bond donors (Lipinski definition) is 0. The summed E-state index contributed by atoms with van der Waals surface area (Å²) in [7, 11) is 0. The van der Waals surface area contributed by atoms with Gasteiger partial charge in [0.15, 0.2) is 0 Å². The molecule has 0 heterocycles. The Balaban J connectivity index is 1.93. The lowest BCUT2D eigenvalue weighted by Gasteiger charge is -2.26. The highest BCUT2D eigenvalue weighted by molar-refractivity contribution is 9.10. The van der Waals surface area contributed by atoms with E-state index >= 15 is 0 Å². The van der Waals surface area contributed by atoms with Crippen molar-refractivity contribution >= 4 is 50.7 Å². The lowest BCUT2D eigenvalue weighted by molar-refractivity contribution is 0.0585. The van der Waals surface area contributed by atoms with Gasteiger partial charge in [-0.1, -0.05) is 63.8 Å².